The predicted molar refractivity (Wildman–Crippen MR) is 40.7 cm³/mol. The molecule has 1 nitrogen and oxygen atoms in total. The van der Waals surface area contributed by atoms with E-state index in [1.165, 1.54) is 12.1 Å². The van der Waals surface area contributed by atoms with Crippen LogP contribution in [0.5, 0.6) is 5.75 Å². The molecule has 1 N–H and O–H groups in total. The molecule has 0 atom stereocenters. The third kappa shape index (κ3) is 1.48. The SMILES string of the molecule is Oc1cc(CBr)ccc1F. The molecule has 0 amide bonds. The van der Waals surface area contributed by atoms with Crippen LogP contribution in [-0.2, 0) is 5.33 Å². The molecule has 0 aliphatic carbocycles. The molecule has 10 heavy (non-hydrogen) atoms. The summed E-state index contributed by atoms with van der Waals surface area (Å²) in [4.78, 5) is 0. The number of halogens is 2. The van der Waals surface area contributed by atoms with E-state index in [-0.39, 0.29) is 5.75 Å². The van der Waals surface area contributed by atoms with Gasteiger partial charge in [-0.2, -0.15) is 0 Å². The van der Waals surface area contributed by atoms with E-state index in [0.717, 1.165) is 5.56 Å². The molecule has 0 unspecified atom stereocenters. The molecular formula is C7H6BrFO. The molecule has 1 aromatic carbocycles. The Labute approximate surface area is 66.6 Å². The fourth-order valence-electron chi connectivity index (χ4n) is 0.641. The van der Waals surface area contributed by atoms with Gasteiger partial charge in [-0.3, -0.25) is 0 Å². The van der Waals surface area contributed by atoms with E-state index in [4.69, 9.17) is 5.11 Å². The maximum Gasteiger partial charge on any atom is 0.164 e. The summed E-state index contributed by atoms with van der Waals surface area (Å²) in [7, 11) is 0. The minimum absolute atomic E-state index is 0.294. The van der Waals surface area contributed by atoms with Crippen molar-refractivity contribution < 1.29 is 9.50 Å². The zero-order chi connectivity index (χ0) is 7.56. The van der Waals surface area contributed by atoms with Gasteiger partial charge in [0.2, 0.25) is 0 Å². The van der Waals surface area contributed by atoms with Crippen LogP contribution in [0, 0.1) is 5.82 Å². The lowest BCUT2D eigenvalue weighted by molar-refractivity contribution is 0.432. The van der Waals surface area contributed by atoms with Gasteiger partial charge in [-0.05, 0) is 17.7 Å². The predicted octanol–water partition coefficient (Wildman–Crippen LogP) is 2.43. The highest BCUT2D eigenvalue weighted by atomic mass is 79.9. The molecule has 0 aliphatic heterocycles. The summed E-state index contributed by atoms with van der Waals surface area (Å²) in [5.41, 5.74) is 0.860. The van der Waals surface area contributed by atoms with Gasteiger partial charge in [0.1, 0.15) is 0 Å². The molecular weight excluding hydrogens is 199 g/mol. The van der Waals surface area contributed by atoms with Crippen molar-refractivity contribution in [2.24, 2.45) is 0 Å². The molecule has 0 bridgehead atoms. The van der Waals surface area contributed by atoms with Gasteiger partial charge in [-0.25, -0.2) is 4.39 Å². The van der Waals surface area contributed by atoms with E-state index in [1.807, 2.05) is 0 Å². The molecule has 54 valence electrons. The van der Waals surface area contributed by atoms with Gasteiger partial charge in [0, 0.05) is 5.33 Å². The smallest absolute Gasteiger partial charge is 0.164 e. The lowest BCUT2D eigenvalue weighted by Gasteiger charge is -1.96. The number of phenols is 1. The Balaban J connectivity index is 3.04. The Morgan fingerprint density at radius 1 is 1.50 bits per heavy atom. The summed E-state index contributed by atoms with van der Waals surface area (Å²) >= 11 is 3.18. The zero-order valence-electron chi connectivity index (χ0n) is 5.14. The molecule has 0 aromatic heterocycles. The van der Waals surface area contributed by atoms with Crippen molar-refractivity contribution in [2.75, 3.05) is 0 Å². The molecule has 0 spiro atoms. The number of hydrogen-bond acceptors (Lipinski definition) is 1. The highest BCUT2D eigenvalue weighted by Gasteiger charge is 1.98. The lowest BCUT2D eigenvalue weighted by Crippen LogP contribution is -1.79. The topological polar surface area (TPSA) is 20.2 Å². The monoisotopic (exact) mass is 204 g/mol. The largest absolute Gasteiger partial charge is 0.505 e. The van der Waals surface area contributed by atoms with E-state index in [2.05, 4.69) is 15.9 Å². The highest BCUT2D eigenvalue weighted by Crippen LogP contribution is 2.17. The minimum atomic E-state index is -0.579. The molecule has 0 saturated carbocycles. The summed E-state index contributed by atoms with van der Waals surface area (Å²) in [6.07, 6.45) is 0. The Bertz CT molecular complexity index is 237. The van der Waals surface area contributed by atoms with Crippen LogP contribution in [0.3, 0.4) is 0 Å². The maximum absolute atomic E-state index is 12.4. The Morgan fingerprint density at radius 2 is 2.20 bits per heavy atom. The Kier molecular flexibility index (Phi) is 2.27. The first kappa shape index (κ1) is 7.54. The number of benzene rings is 1. The summed E-state index contributed by atoms with van der Waals surface area (Å²) in [6, 6.07) is 4.25. The minimum Gasteiger partial charge on any atom is -0.505 e. The van der Waals surface area contributed by atoms with Crippen LogP contribution in [0.25, 0.3) is 0 Å². The van der Waals surface area contributed by atoms with Gasteiger partial charge in [0.05, 0.1) is 0 Å². The van der Waals surface area contributed by atoms with Gasteiger partial charge >= 0.3 is 0 Å². The third-order valence-corrected chi connectivity index (χ3v) is 1.81. The number of rotatable bonds is 1. The molecule has 0 fully saturated rings. The van der Waals surface area contributed by atoms with Gasteiger partial charge in [-0.1, -0.05) is 22.0 Å². The van der Waals surface area contributed by atoms with E-state index >= 15 is 0 Å². The number of alkyl halides is 1. The number of hydrogen-bond donors (Lipinski definition) is 1. The van der Waals surface area contributed by atoms with Gasteiger partial charge < -0.3 is 5.11 Å². The van der Waals surface area contributed by atoms with Crippen molar-refractivity contribution in [3.8, 4) is 5.75 Å². The second kappa shape index (κ2) is 3.01. The van der Waals surface area contributed by atoms with Crippen LogP contribution in [0.15, 0.2) is 18.2 Å². The average Bonchev–Trinajstić information content (AvgIpc) is 1.95. The van der Waals surface area contributed by atoms with Crippen molar-refractivity contribution in [3.63, 3.8) is 0 Å². The zero-order valence-corrected chi connectivity index (χ0v) is 6.73. The fraction of sp³-hybridized carbons (Fsp3) is 0.143. The van der Waals surface area contributed by atoms with Crippen LogP contribution in [0.1, 0.15) is 5.56 Å². The first-order chi connectivity index (χ1) is 4.74. The quantitative estimate of drug-likeness (QED) is 0.698. The van der Waals surface area contributed by atoms with E-state index in [9.17, 15) is 4.39 Å². The fourth-order valence-corrected chi connectivity index (χ4v) is 0.990. The Hall–Kier alpha value is -0.570. The van der Waals surface area contributed by atoms with Crippen LogP contribution in [0.2, 0.25) is 0 Å². The van der Waals surface area contributed by atoms with Gasteiger partial charge in [0.25, 0.3) is 0 Å². The second-order valence-corrected chi connectivity index (χ2v) is 2.48. The van der Waals surface area contributed by atoms with Gasteiger partial charge in [0.15, 0.2) is 11.6 Å². The molecule has 0 radical (unpaired) electrons. The van der Waals surface area contributed by atoms with Crippen molar-refractivity contribution in [3.05, 3.63) is 29.6 Å². The maximum atomic E-state index is 12.4. The normalized spacial score (nSPS) is 9.80. The van der Waals surface area contributed by atoms with Crippen LogP contribution in [0.4, 0.5) is 4.39 Å². The Morgan fingerprint density at radius 3 is 2.70 bits per heavy atom. The standard InChI is InChI=1S/C7H6BrFO/c8-4-5-1-2-6(9)7(10)3-5/h1-3,10H,4H2. The lowest BCUT2D eigenvalue weighted by atomic mass is 10.2. The molecule has 1 rings (SSSR count). The molecule has 0 saturated heterocycles. The van der Waals surface area contributed by atoms with E-state index in [0.29, 0.717) is 5.33 Å². The van der Waals surface area contributed by atoms with Crippen molar-refractivity contribution in [2.45, 2.75) is 5.33 Å². The molecule has 0 aliphatic rings. The van der Waals surface area contributed by atoms with Crippen LogP contribution < -0.4 is 0 Å². The van der Waals surface area contributed by atoms with Crippen molar-refractivity contribution in [1.29, 1.82) is 0 Å². The summed E-state index contributed by atoms with van der Waals surface area (Å²) < 4.78 is 12.4. The van der Waals surface area contributed by atoms with E-state index < -0.39 is 5.82 Å². The number of aromatic hydroxyl groups is 1. The molecule has 3 heteroatoms. The highest BCUT2D eigenvalue weighted by molar-refractivity contribution is 9.08. The molecule has 0 heterocycles. The first-order valence-corrected chi connectivity index (χ1v) is 3.89. The molecule has 1 aromatic rings. The van der Waals surface area contributed by atoms with Crippen LogP contribution >= 0.6 is 15.9 Å². The number of phenolic OH excluding ortho intramolecular Hbond substituents is 1. The summed E-state index contributed by atoms with van der Waals surface area (Å²) in [5, 5.41) is 9.46. The average molecular weight is 205 g/mol. The summed E-state index contributed by atoms with van der Waals surface area (Å²) in [5.74, 6) is -0.873. The van der Waals surface area contributed by atoms with E-state index in [1.54, 1.807) is 6.07 Å². The van der Waals surface area contributed by atoms with Gasteiger partial charge in [-0.15, -0.1) is 0 Å². The second-order valence-electron chi connectivity index (χ2n) is 1.92. The third-order valence-electron chi connectivity index (χ3n) is 1.16. The first-order valence-electron chi connectivity index (χ1n) is 2.77. The van der Waals surface area contributed by atoms with Crippen LogP contribution in [-0.4, -0.2) is 5.11 Å². The van der Waals surface area contributed by atoms with Crippen molar-refractivity contribution >= 4 is 15.9 Å². The summed E-state index contributed by atoms with van der Waals surface area (Å²) in [6.45, 7) is 0. The van der Waals surface area contributed by atoms with Crippen molar-refractivity contribution in [1.82, 2.24) is 0 Å².